The van der Waals surface area contributed by atoms with Gasteiger partial charge in [0.25, 0.3) is 0 Å². The van der Waals surface area contributed by atoms with Crippen LogP contribution >= 0.6 is 12.2 Å². The van der Waals surface area contributed by atoms with Crippen LogP contribution in [0.2, 0.25) is 0 Å². The van der Waals surface area contributed by atoms with Crippen molar-refractivity contribution >= 4 is 17.3 Å². The number of hydrogen-bond acceptors (Lipinski definition) is 3. The van der Waals surface area contributed by atoms with Crippen molar-refractivity contribution in [1.82, 2.24) is 5.32 Å². The smallest absolute Gasteiger partial charge is 0.186 e. The van der Waals surface area contributed by atoms with Crippen molar-refractivity contribution in [1.29, 1.82) is 0 Å². The van der Waals surface area contributed by atoms with Gasteiger partial charge < -0.3 is 10.1 Å². The van der Waals surface area contributed by atoms with Crippen LogP contribution in [-0.2, 0) is 4.74 Å². The first-order valence-electron chi connectivity index (χ1n) is 3.00. The fraction of sp³-hybridized carbons (Fsp3) is 0.500. The number of nitrogens with one attached hydrogen (secondary N) is 1. The average Bonchev–Trinajstić information content (AvgIpc) is 2.31. The number of thiocarbonyl (C=S) groups is 1. The van der Waals surface area contributed by atoms with E-state index in [0.29, 0.717) is 18.2 Å². The first-order valence-corrected chi connectivity index (χ1v) is 3.41. The van der Waals surface area contributed by atoms with E-state index < -0.39 is 0 Å². The Balaban J connectivity index is 2.28. The molecule has 1 N–H and O–H groups in total. The predicted octanol–water partition coefficient (Wildman–Crippen LogP) is 0.787. The minimum atomic E-state index is -0.371. The maximum atomic E-state index is 11.6. The van der Waals surface area contributed by atoms with Gasteiger partial charge in [0.05, 0.1) is 5.70 Å². The normalized spacial score (nSPS) is 16.5. The Kier molecular flexibility index (Phi) is 2.62. The van der Waals surface area contributed by atoms with Crippen LogP contribution in [0.5, 0.6) is 0 Å². The van der Waals surface area contributed by atoms with Crippen LogP contribution in [0.3, 0.4) is 0 Å². The molecule has 1 heterocycles. The highest BCUT2D eigenvalue weighted by atomic mass is 32.1. The number of hydrogen-bond donors (Lipinski definition) is 1. The second-order valence-electron chi connectivity index (χ2n) is 1.89. The molecule has 1 aliphatic rings. The molecule has 0 fully saturated rings. The van der Waals surface area contributed by atoms with Crippen LogP contribution < -0.4 is 5.32 Å². The highest BCUT2D eigenvalue weighted by Gasteiger charge is 2.07. The highest BCUT2D eigenvalue weighted by Crippen LogP contribution is 2.02. The summed E-state index contributed by atoms with van der Waals surface area (Å²) in [6, 6.07) is 0. The van der Waals surface area contributed by atoms with Crippen LogP contribution in [0, 0.1) is 0 Å². The summed E-state index contributed by atoms with van der Waals surface area (Å²) >= 11 is 4.71. The Hall–Kier alpha value is -0.640. The fourth-order valence-electron chi connectivity index (χ4n) is 0.684. The van der Waals surface area contributed by atoms with E-state index in [1.54, 1.807) is 6.08 Å². The summed E-state index contributed by atoms with van der Waals surface area (Å²) in [5.74, 6) is 0. The van der Waals surface area contributed by atoms with Gasteiger partial charge in [-0.05, 0) is 12.2 Å². The van der Waals surface area contributed by atoms with E-state index in [2.05, 4.69) is 5.32 Å². The number of alkyl halides is 1. The number of halogens is 1. The third-order valence-corrected chi connectivity index (χ3v) is 1.34. The lowest BCUT2D eigenvalue weighted by Crippen LogP contribution is -2.16. The van der Waals surface area contributed by atoms with Crippen LogP contribution in [0.1, 0.15) is 0 Å². The molecular formula is C6H8FNOS. The van der Waals surface area contributed by atoms with Gasteiger partial charge in [-0.3, -0.25) is 0 Å². The lowest BCUT2D eigenvalue weighted by molar-refractivity contribution is 0.355. The van der Waals surface area contributed by atoms with E-state index in [9.17, 15) is 4.39 Å². The Bertz CT molecular complexity index is 169. The molecule has 0 unspecified atom stereocenters. The zero-order valence-electron chi connectivity index (χ0n) is 5.39. The van der Waals surface area contributed by atoms with E-state index >= 15 is 0 Å². The van der Waals surface area contributed by atoms with Crippen LogP contribution in [-0.4, -0.2) is 24.9 Å². The standard InChI is InChI=1S/C6H8FNOS/c7-1-2-8-5-3-6(10)9-4-5/h3,8H,1-2,4H2. The second kappa shape index (κ2) is 3.51. The topological polar surface area (TPSA) is 21.3 Å². The van der Waals surface area contributed by atoms with Gasteiger partial charge in [-0.15, -0.1) is 0 Å². The molecule has 0 aromatic heterocycles. The second-order valence-corrected chi connectivity index (χ2v) is 2.30. The van der Waals surface area contributed by atoms with Gasteiger partial charge in [0.1, 0.15) is 13.3 Å². The van der Waals surface area contributed by atoms with Gasteiger partial charge in [0.2, 0.25) is 0 Å². The van der Waals surface area contributed by atoms with E-state index in [4.69, 9.17) is 17.0 Å². The van der Waals surface area contributed by atoms with Crippen LogP contribution in [0.25, 0.3) is 0 Å². The molecular weight excluding hydrogens is 153 g/mol. The van der Waals surface area contributed by atoms with Gasteiger partial charge in [-0.1, -0.05) is 0 Å². The van der Waals surface area contributed by atoms with Crippen molar-refractivity contribution in [3.63, 3.8) is 0 Å². The number of rotatable bonds is 3. The van der Waals surface area contributed by atoms with Gasteiger partial charge >= 0.3 is 0 Å². The van der Waals surface area contributed by atoms with Gasteiger partial charge in [0, 0.05) is 12.6 Å². The van der Waals surface area contributed by atoms with Crippen molar-refractivity contribution in [2.75, 3.05) is 19.8 Å². The molecule has 0 atom stereocenters. The molecule has 0 saturated carbocycles. The van der Waals surface area contributed by atoms with Crippen molar-refractivity contribution in [2.45, 2.75) is 0 Å². The molecule has 1 rings (SSSR count). The average molecular weight is 161 g/mol. The SMILES string of the molecule is FCCNC1=CC(=S)OC1. The lowest BCUT2D eigenvalue weighted by atomic mass is 10.4. The van der Waals surface area contributed by atoms with Crippen LogP contribution in [0.4, 0.5) is 4.39 Å². The van der Waals surface area contributed by atoms with Crippen molar-refractivity contribution in [2.24, 2.45) is 0 Å². The summed E-state index contributed by atoms with van der Waals surface area (Å²) in [4.78, 5) is 0. The van der Waals surface area contributed by atoms with Crippen molar-refractivity contribution in [3.05, 3.63) is 11.8 Å². The Morgan fingerprint density at radius 1 is 1.80 bits per heavy atom. The quantitative estimate of drug-likeness (QED) is 0.618. The Labute approximate surface area is 64.1 Å². The predicted molar refractivity (Wildman–Crippen MR) is 40.6 cm³/mol. The van der Waals surface area contributed by atoms with E-state index in [1.165, 1.54) is 0 Å². The largest absolute Gasteiger partial charge is 0.477 e. The van der Waals surface area contributed by atoms with Gasteiger partial charge in [-0.2, -0.15) is 0 Å². The molecule has 0 aliphatic carbocycles. The van der Waals surface area contributed by atoms with Gasteiger partial charge in [-0.25, -0.2) is 4.39 Å². The first kappa shape index (κ1) is 7.47. The molecule has 56 valence electrons. The molecule has 1 aliphatic heterocycles. The van der Waals surface area contributed by atoms with E-state index in [-0.39, 0.29) is 6.67 Å². The summed E-state index contributed by atoms with van der Waals surface area (Å²) in [5, 5.41) is 3.31. The zero-order valence-corrected chi connectivity index (χ0v) is 6.21. The van der Waals surface area contributed by atoms with E-state index in [1.807, 2.05) is 0 Å². The van der Waals surface area contributed by atoms with Crippen LogP contribution in [0.15, 0.2) is 11.8 Å². The minimum Gasteiger partial charge on any atom is -0.477 e. The monoisotopic (exact) mass is 161 g/mol. The number of ether oxygens (including phenoxy) is 1. The molecule has 10 heavy (non-hydrogen) atoms. The third-order valence-electron chi connectivity index (χ3n) is 1.11. The van der Waals surface area contributed by atoms with Crippen molar-refractivity contribution in [3.8, 4) is 0 Å². The summed E-state index contributed by atoms with van der Waals surface area (Å²) in [5.41, 5.74) is 0.864. The highest BCUT2D eigenvalue weighted by molar-refractivity contribution is 7.80. The first-order chi connectivity index (χ1) is 4.83. The van der Waals surface area contributed by atoms with E-state index in [0.717, 1.165) is 5.70 Å². The van der Waals surface area contributed by atoms with Crippen molar-refractivity contribution < 1.29 is 9.13 Å². The molecule has 0 bridgehead atoms. The molecule has 2 nitrogen and oxygen atoms in total. The molecule has 4 heteroatoms. The summed E-state index contributed by atoms with van der Waals surface area (Å²) < 4.78 is 16.5. The third kappa shape index (κ3) is 1.95. The minimum absolute atomic E-state index is 0.331. The summed E-state index contributed by atoms with van der Waals surface area (Å²) in [6.45, 7) is 0.417. The van der Waals surface area contributed by atoms with Gasteiger partial charge in [0.15, 0.2) is 5.05 Å². The molecule has 0 aromatic rings. The maximum Gasteiger partial charge on any atom is 0.186 e. The Morgan fingerprint density at radius 3 is 3.10 bits per heavy atom. The summed E-state index contributed by atoms with van der Waals surface area (Å²) in [7, 11) is 0. The fourth-order valence-corrected chi connectivity index (χ4v) is 0.886. The maximum absolute atomic E-state index is 11.6. The zero-order chi connectivity index (χ0) is 7.40. The summed E-state index contributed by atoms with van der Waals surface area (Å²) in [6.07, 6.45) is 1.70. The molecule has 0 saturated heterocycles. The molecule has 0 aromatic carbocycles. The molecule has 0 amide bonds. The molecule has 0 radical (unpaired) electrons. The lowest BCUT2D eigenvalue weighted by Gasteiger charge is -2.00. The Morgan fingerprint density at radius 2 is 2.60 bits per heavy atom. The molecule has 0 spiro atoms.